The number of nitrogens with zero attached hydrogens (tertiary/aromatic N) is 3. The first-order chi connectivity index (χ1) is 10.8. The number of amidine groups is 1. The first-order valence-electron chi connectivity index (χ1n) is 6.84. The van der Waals surface area contributed by atoms with Crippen molar-refractivity contribution in [3.63, 3.8) is 0 Å². The van der Waals surface area contributed by atoms with Gasteiger partial charge in [-0.15, -0.1) is 0 Å². The molecule has 126 valence electrons. The molecule has 0 aromatic heterocycles. The summed E-state index contributed by atoms with van der Waals surface area (Å²) in [5.41, 5.74) is -3.34. The van der Waals surface area contributed by atoms with Crippen LogP contribution in [0.5, 0.6) is 0 Å². The van der Waals surface area contributed by atoms with Gasteiger partial charge in [-0.1, -0.05) is 0 Å². The number of fused-ring (bicyclic) bond motifs is 1. The van der Waals surface area contributed by atoms with Gasteiger partial charge >= 0.3 is 5.72 Å². The summed E-state index contributed by atoms with van der Waals surface area (Å²) in [6.07, 6.45) is -2.58. The SMILES string of the molecule is COC12N=CN([C@]3(C)O[C@H](CO)[C@@H](O)[C@H]3O)C1=NC(=N)NC2=O. The molecule has 0 bridgehead atoms. The van der Waals surface area contributed by atoms with Gasteiger partial charge in [-0.05, 0) is 6.92 Å². The fourth-order valence-corrected chi connectivity index (χ4v) is 2.90. The van der Waals surface area contributed by atoms with Gasteiger partial charge in [0, 0.05) is 7.11 Å². The molecule has 1 saturated heterocycles. The van der Waals surface area contributed by atoms with Gasteiger partial charge in [0.2, 0.25) is 5.96 Å². The molecule has 5 N–H and O–H groups in total. The minimum Gasteiger partial charge on any atom is -0.394 e. The molecule has 1 unspecified atom stereocenters. The fraction of sp³-hybridized carbons (Fsp3) is 0.667. The smallest absolute Gasteiger partial charge is 0.300 e. The molecule has 0 spiro atoms. The molecule has 3 heterocycles. The summed E-state index contributed by atoms with van der Waals surface area (Å²) in [5, 5.41) is 39.3. The summed E-state index contributed by atoms with van der Waals surface area (Å²) in [5.74, 6) is -1.19. The monoisotopic (exact) mass is 327 g/mol. The Hall–Kier alpha value is -1.92. The predicted molar refractivity (Wildman–Crippen MR) is 75.8 cm³/mol. The summed E-state index contributed by atoms with van der Waals surface area (Å²) in [7, 11) is 1.25. The first-order valence-corrected chi connectivity index (χ1v) is 6.84. The highest BCUT2D eigenvalue weighted by atomic mass is 16.6. The Balaban J connectivity index is 2.04. The largest absolute Gasteiger partial charge is 0.394 e. The molecule has 0 aromatic rings. The zero-order valence-electron chi connectivity index (χ0n) is 12.4. The highest BCUT2D eigenvalue weighted by molar-refractivity contribution is 6.25. The number of carbonyl (C=O) groups is 1. The van der Waals surface area contributed by atoms with E-state index in [2.05, 4.69) is 15.3 Å². The van der Waals surface area contributed by atoms with Crippen molar-refractivity contribution < 1.29 is 29.6 Å². The van der Waals surface area contributed by atoms with Crippen molar-refractivity contribution in [2.75, 3.05) is 13.7 Å². The molecule has 3 aliphatic rings. The fourth-order valence-electron chi connectivity index (χ4n) is 2.90. The number of aliphatic hydroxyl groups excluding tert-OH is 3. The number of rotatable bonds is 3. The highest BCUT2D eigenvalue weighted by Crippen LogP contribution is 2.38. The lowest BCUT2D eigenvalue weighted by molar-refractivity contribution is -0.139. The van der Waals surface area contributed by atoms with Crippen LogP contribution in [0.15, 0.2) is 9.98 Å². The molecule has 11 nitrogen and oxygen atoms in total. The van der Waals surface area contributed by atoms with Gasteiger partial charge in [0.25, 0.3) is 5.91 Å². The zero-order chi connectivity index (χ0) is 17.0. The van der Waals surface area contributed by atoms with E-state index >= 15 is 0 Å². The van der Waals surface area contributed by atoms with Crippen molar-refractivity contribution in [2.45, 2.75) is 36.7 Å². The number of hydrogen-bond acceptors (Lipinski definition) is 9. The van der Waals surface area contributed by atoms with Crippen LogP contribution in [0.4, 0.5) is 0 Å². The molecule has 0 radical (unpaired) electrons. The standard InChI is InChI=1S/C12H17N5O6/c1-11(7(20)6(19)5(3-18)23-11)17-4-14-12(22-2)8(17)15-10(13)16-9(12)21/h4-7,18-20H,3H2,1-2H3,(H2,13,16,21)/t5-,6-,7-,11-,12?/m1/s1. The van der Waals surface area contributed by atoms with Gasteiger partial charge in [-0.25, -0.2) is 4.99 Å². The van der Waals surface area contributed by atoms with Crippen molar-refractivity contribution in [2.24, 2.45) is 9.98 Å². The number of nitrogens with one attached hydrogen (secondary N) is 2. The molecule has 1 amide bonds. The predicted octanol–water partition coefficient (Wildman–Crippen LogP) is -3.03. The Morgan fingerprint density at radius 3 is 2.83 bits per heavy atom. The Morgan fingerprint density at radius 2 is 2.26 bits per heavy atom. The van der Waals surface area contributed by atoms with Crippen LogP contribution in [-0.4, -0.2) is 87.7 Å². The van der Waals surface area contributed by atoms with Crippen LogP contribution >= 0.6 is 0 Å². The maximum absolute atomic E-state index is 12.2. The van der Waals surface area contributed by atoms with Crippen LogP contribution in [-0.2, 0) is 14.3 Å². The Labute approximate surface area is 130 Å². The lowest BCUT2D eigenvalue weighted by Gasteiger charge is -2.39. The van der Waals surface area contributed by atoms with Gasteiger partial charge < -0.3 is 24.8 Å². The molecular weight excluding hydrogens is 310 g/mol. The van der Waals surface area contributed by atoms with Gasteiger partial charge in [0.15, 0.2) is 11.6 Å². The summed E-state index contributed by atoms with van der Waals surface area (Å²) >= 11 is 0. The van der Waals surface area contributed by atoms with Crippen LogP contribution in [0, 0.1) is 5.41 Å². The molecule has 0 saturated carbocycles. The number of hydrogen-bond donors (Lipinski definition) is 5. The summed E-state index contributed by atoms with van der Waals surface area (Å²) in [6.45, 7) is 0.948. The number of ether oxygens (including phenoxy) is 2. The third-order valence-corrected chi connectivity index (χ3v) is 4.24. The lowest BCUT2D eigenvalue weighted by Crippen LogP contribution is -2.64. The quantitative estimate of drug-likeness (QED) is 0.368. The molecule has 0 aromatic carbocycles. The second kappa shape index (κ2) is 5.04. The molecule has 5 atom stereocenters. The minimum absolute atomic E-state index is 0.0684. The average Bonchev–Trinajstić information content (AvgIpc) is 3.00. The van der Waals surface area contributed by atoms with Crippen LogP contribution < -0.4 is 5.32 Å². The third kappa shape index (κ3) is 1.95. The summed E-state index contributed by atoms with van der Waals surface area (Å²) in [4.78, 5) is 21.3. The van der Waals surface area contributed by atoms with E-state index in [9.17, 15) is 20.1 Å². The van der Waals surface area contributed by atoms with E-state index in [1.165, 1.54) is 25.3 Å². The maximum atomic E-state index is 12.2. The van der Waals surface area contributed by atoms with Crippen LogP contribution in [0.2, 0.25) is 0 Å². The van der Waals surface area contributed by atoms with Crippen molar-refractivity contribution >= 4 is 24.0 Å². The number of carbonyl (C=O) groups excluding carboxylic acids is 1. The molecular formula is C12H17N5O6. The van der Waals surface area contributed by atoms with Gasteiger partial charge in [0.05, 0.1) is 12.9 Å². The summed E-state index contributed by atoms with van der Waals surface area (Å²) < 4.78 is 10.7. The minimum atomic E-state index is -1.79. The van der Waals surface area contributed by atoms with Crippen LogP contribution in [0.25, 0.3) is 0 Å². The van der Waals surface area contributed by atoms with Gasteiger partial charge in [-0.3, -0.25) is 20.4 Å². The van der Waals surface area contributed by atoms with E-state index < -0.39 is 48.2 Å². The number of aliphatic hydroxyl groups is 3. The zero-order valence-corrected chi connectivity index (χ0v) is 12.4. The summed E-state index contributed by atoms with van der Waals surface area (Å²) in [6, 6.07) is 0. The van der Waals surface area contributed by atoms with Crippen molar-refractivity contribution in [3.8, 4) is 0 Å². The van der Waals surface area contributed by atoms with Crippen molar-refractivity contribution in [1.82, 2.24) is 10.2 Å². The molecule has 3 rings (SSSR count). The maximum Gasteiger partial charge on any atom is 0.300 e. The second-order valence-corrected chi connectivity index (χ2v) is 5.53. The van der Waals surface area contributed by atoms with E-state index in [4.69, 9.17) is 14.9 Å². The Bertz CT molecular complexity index is 623. The molecule has 3 aliphatic heterocycles. The van der Waals surface area contributed by atoms with Gasteiger partial charge in [0.1, 0.15) is 18.3 Å². The molecule has 11 heteroatoms. The van der Waals surface area contributed by atoms with E-state index in [1.807, 2.05) is 0 Å². The Morgan fingerprint density at radius 1 is 1.57 bits per heavy atom. The normalized spacial score (nSPS) is 42.7. The highest BCUT2D eigenvalue weighted by Gasteiger charge is 2.62. The number of aliphatic imine (C=N–C) groups is 2. The van der Waals surface area contributed by atoms with E-state index in [0.717, 1.165) is 0 Å². The van der Waals surface area contributed by atoms with Crippen LogP contribution in [0.3, 0.4) is 0 Å². The third-order valence-electron chi connectivity index (χ3n) is 4.24. The van der Waals surface area contributed by atoms with Crippen molar-refractivity contribution in [3.05, 3.63) is 0 Å². The first kappa shape index (κ1) is 16.0. The lowest BCUT2D eigenvalue weighted by atomic mass is 10.0. The number of methoxy groups -OCH3 is 1. The van der Waals surface area contributed by atoms with E-state index in [-0.39, 0.29) is 5.84 Å². The van der Waals surface area contributed by atoms with E-state index in [0.29, 0.717) is 0 Å². The number of guanidine groups is 1. The van der Waals surface area contributed by atoms with Crippen LogP contribution in [0.1, 0.15) is 6.92 Å². The molecule has 0 aliphatic carbocycles. The van der Waals surface area contributed by atoms with Crippen molar-refractivity contribution in [1.29, 1.82) is 5.41 Å². The molecule has 1 fully saturated rings. The topological polar surface area (TPSA) is 160 Å². The van der Waals surface area contributed by atoms with E-state index in [1.54, 1.807) is 0 Å². The molecule has 23 heavy (non-hydrogen) atoms. The average molecular weight is 327 g/mol. The Kier molecular flexibility index (Phi) is 3.50. The van der Waals surface area contributed by atoms with Gasteiger partial charge in [-0.2, -0.15) is 4.99 Å². The number of amides is 1. The second-order valence-electron chi connectivity index (χ2n) is 5.53.